The fraction of sp³-hybridized carbons (Fsp3) is 0.364. The van der Waals surface area contributed by atoms with Gasteiger partial charge in [0.15, 0.2) is 0 Å². The van der Waals surface area contributed by atoms with E-state index in [0.29, 0.717) is 6.10 Å². The van der Waals surface area contributed by atoms with E-state index in [0.717, 1.165) is 35.5 Å². The van der Waals surface area contributed by atoms with Crippen molar-refractivity contribution in [2.45, 2.75) is 12.5 Å². The zero-order chi connectivity index (χ0) is 10.1. The van der Waals surface area contributed by atoms with Crippen molar-refractivity contribution in [1.29, 1.82) is 0 Å². The maximum Gasteiger partial charge on any atom is 0.139 e. The summed E-state index contributed by atoms with van der Waals surface area (Å²) in [5.41, 5.74) is 2.90. The number of nitrogens with zero attached hydrogens (tertiary/aromatic N) is 1. The fourth-order valence-electron chi connectivity index (χ4n) is 1.86. The molecule has 1 aliphatic heterocycles. The second-order valence-electron chi connectivity index (χ2n) is 3.69. The molecule has 1 atom stereocenters. The van der Waals surface area contributed by atoms with Gasteiger partial charge in [0.05, 0.1) is 15.7 Å². The maximum atomic E-state index is 5.95. The van der Waals surface area contributed by atoms with Gasteiger partial charge < -0.3 is 10.1 Å². The van der Waals surface area contributed by atoms with E-state index < -0.39 is 0 Å². The van der Waals surface area contributed by atoms with E-state index in [2.05, 4.69) is 10.3 Å². The average molecular weight is 220 g/mol. The fourth-order valence-corrected chi connectivity index (χ4v) is 2.61. The van der Waals surface area contributed by atoms with Crippen LogP contribution in [0.2, 0.25) is 0 Å². The summed E-state index contributed by atoms with van der Waals surface area (Å²) in [4.78, 5) is 4.28. The molecule has 1 unspecified atom stereocenters. The summed E-state index contributed by atoms with van der Waals surface area (Å²) in [5.74, 6) is 0.976. The monoisotopic (exact) mass is 220 g/mol. The van der Waals surface area contributed by atoms with Gasteiger partial charge in [0.1, 0.15) is 11.9 Å². The molecule has 3 nitrogen and oxygen atoms in total. The van der Waals surface area contributed by atoms with Crippen molar-refractivity contribution >= 4 is 21.6 Å². The van der Waals surface area contributed by atoms with Gasteiger partial charge >= 0.3 is 0 Å². The molecule has 78 valence electrons. The van der Waals surface area contributed by atoms with Gasteiger partial charge in [0, 0.05) is 6.54 Å². The molecule has 1 N–H and O–H groups in total. The first kappa shape index (κ1) is 9.12. The lowest BCUT2D eigenvalue weighted by Gasteiger charge is -2.12. The number of rotatable bonds is 2. The third-order valence-corrected chi connectivity index (χ3v) is 3.49. The van der Waals surface area contributed by atoms with Crippen LogP contribution in [0.25, 0.3) is 10.2 Å². The van der Waals surface area contributed by atoms with Crippen LogP contribution in [-0.4, -0.2) is 24.2 Å². The molecular weight excluding hydrogens is 208 g/mol. The summed E-state index contributed by atoms with van der Waals surface area (Å²) in [6, 6.07) is 6.05. The molecule has 0 bridgehead atoms. The Labute approximate surface area is 92.1 Å². The van der Waals surface area contributed by atoms with E-state index in [9.17, 15) is 0 Å². The van der Waals surface area contributed by atoms with Crippen LogP contribution in [0.15, 0.2) is 23.7 Å². The second kappa shape index (κ2) is 3.79. The van der Waals surface area contributed by atoms with Crippen LogP contribution in [0, 0.1) is 0 Å². The Bertz CT molecular complexity index is 462. The first-order valence-electron chi connectivity index (χ1n) is 5.13. The highest BCUT2D eigenvalue weighted by atomic mass is 32.1. The van der Waals surface area contributed by atoms with Crippen molar-refractivity contribution in [2.24, 2.45) is 0 Å². The third-order valence-electron chi connectivity index (χ3n) is 2.63. The van der Waals surface area contributed by atoms with Gasteiger partial charge in [-0.15, -0.1) is 11.3 Å². The second-order valence-corrected chi connectivity index (χ2v) is 4.54. The Kier molecular flexibility index (Phi) is 2.31. The molecule has 1 aromatic heterocycles. The lowest BCUT2D eigenvalue weighted by molar-refractivity contribution is 0.226. The minimum Gasteiger partial charge on any atom is -0.487 e. The van der Waals surface area contributed by atoms with Crippen LogP contribution in [0.1, 0.15) is 6.42 Å². The summed E-state index contributed by atoms with van der Waals surface area (Å²) in [6.45, 7) is 2.01. The predicted molar refractivity (Wildman–Crippen MR) is 61.5 cm³/mol. The first-order valence-corrected chi connectivity index (χ1v) is 6.01. The zero-order valence-corrected chi connectivity index (χ0v) is 9.09. The molecule has 2 heterocycles. The number of nitrogens with one attached hydrogen (secondary N) is 1. The molecule has 3 rings (SSSR count). The molecule has 15 heavy (non-hydrogen) atoms. The molecule has 2 aromatic rings. The average Bonchev–Trinajstić information content (AvgIpc) is 2.87. The normalized spacial score (nSPS) is 20.9. The molecule has 0 amide bonds. The van der Waals surface area contributed by atoms with Crippen LogP contribution >= 0.6 is 11.3 Å². The smallest absolute Gasteiger partial charge is 0.139 e. The SMILES string of the molecule is c1cc(OC2CCNC2)c2scnc2c1. The van der Waals surface area contributed by atoms with E-state index in [-0.39, 0.29) is 0 Å². The van der Waals surface area contributed by atoms with Crippen LogP contribution in [-0.2, 0) is 0 Å². The standard InChI is InChI=1S/C11H12N2OS/c1-2-9-11(15-7-13-9)10(3-1)14-8-4-5-12-6-8/h1-3,7-8,12H,4-6H2. The predicted octanol–water partition coefficient (Wildman–Crippen LogP) is 2.04. The Hall–Kier alpha value is -1.13. The van der Waals surface area contributed by atoms with E-state index in [1.54, 1.807) is 11.3 Å². The molecule has 0 saturated carbocycles. The molecule has 1 fully saturated rings. The number of hydrogen-bond donors (Lipinski definition) is 1. The summed E-state index contributed by atoms with van der Waals surface area (Å²) < 4.78 is 7.11. The largest absolute Gasteiger partial charge is 0.487 e. The van der Waals surface area contributed by atoms with Gasteiger partial charge in [0.25, 0.3) is 0 Å². The van der Waals surface area contributed by atoms with Crippen LogP contribution in [0.4, 0.5) is 0 Å². The van der Waals surface area contributed by atoms with Gasteiger partial charge in [-0.25, -0.2) is 4.98 Å². The number of ether oxygens (including phenoxy) is 1. The van der Waals surface area contributed by atoms with E-state index >= 15 is 0 Å². The third kappa shape index (κ3) is 1.70. The molecule has 1 aliphatic rings. The molecule has 0 radical (unpaired) electrons. The van der Waals surface area contributed by atoms with Gasteiger partial charge in [-0.3, -0.25) is 0 Å². The molecular formula is C11H12N2OS. The summed E-state index contributed by atoms with van der Waals surface area (Å²) in [6.07, 6.45) is 1.41. The van der Waals surface area contributed by atoms with E-state index in [4.69, 9.17) is 4.74 Å². The molecule has 0 spiro atoms. The quantitative estimate of drug-likeness (QED) is 0.841. The lowest BCUT2D eigenvalue weighted by atomic mass is 10.3. The summed E-state index contributed by atoms with van der Waals surface area (Å²) in [5, 5.41) is 3.30. The number of thiazole rings is 1. The molecule has 0 aliphatic carbocycles. The molecule has 4 heteroatoms. The summed E-state index contributed by atoms with van der Waals surface area (Å²) >= 11 is 1.64. The summed E-state index contributed by atoms with van der Waals surface area (Å²) in [7, 11) is 0. The number of aromatic nitrogens is 1. The van der Waals surface area contributed by atoms with Crippen LogP contribution in [0.3, 0.4) is 0 Å². The highest BCUT2D eigenvalue weighted by Crippen LogP contribution is 2.29. The van der Waals surface area contributed by atoms with E-state index in [1.807, 2.05) is 23.7 Å². The number of benzene rings is 1. The minimum absolute atomic E-state index is 0.317. The van der Waals surface area contributed by atoms with Crippen molar-refractivity contribution < 1.29 is 4.74 Å². The lowest BCUT2D eigenvalue weighted by Crippen LogP contribution is -2.19. The van der Waals surface area contributed by atoms with Gasteiger partial charge in [0.2, 0.25) is 0 Å². The highest BCUT2D eigenvalue weighted by molar-refractivity contribution is 7.17. The Morgan fingerprint density at radius 1 is 1.47 bits per heavy atom. The highest BCUT2D eigenvalue weighted by Gasteiger charge is 2.17. The van der Waals surface area contributed by atoms with Crippen molar-refractivity contribution in [3.63, 3.8) is 0 Å². The maximum absolute atomic E-state index is 5.95. The zero-order valence-electron chi connectivity index (χ0n) is 8.27. The van der Waals surface area contributed by atoms with Crippen molar-refractivity contribution in [1.82, 2.24) is 10.3 Å². The Morgan fingerprint density at radius 2 is 2.47 bits per heavy atom. The number of hydrogen-bond acceptors (Lipinski definition) is 4. The van der Waals surface area contributed by atoms with Crippen molar-refractivity contribution in [2.75, 3.05) is 13.1 Å². The van der Waals surface area contributed by atoms with Gasteiger partial charge in [-0.2, -0.15) is 0 Å². The molecule has 1 aromatic carbocycles. The molecule has 1 saturated heterocycles. The topological polar surface area (TPSA) is 34.1 Å². The Morgan fingerprint density at radius 3 is 3.33 bits per heavy atom. The van der Waals surface area contributed by atoms with Crippen molar-refractivity contribution in [3.8, 4) is 5.75 Å². The Balaban J connectivity index is 1.92. The van der Waals surface area contributed by atoms with Crippen LogP contribution < -0.4 is 10.1 Å². The van der Waals surface area contributed by atoms with Crippen molar-refractivity contribution in [3.05, 3.63) is 23.7 Å². The minimum atomic E-state index is 0.317. The van der Waals surface area contributed by atoms with Gasteiger partial charge in [-0.05, 0) is 25.1 Å². The van der Waals surface area contributed by atoms with Gasteiger partial charge in [-0.1, -0.05) is 6.07 Å². The first-order chi connectivity index (χ1) is 7.43. The van der Waals surface area contributed by atoms with Crippen LogP contribution in [0.5, 0.6) is 5.75 Å². The number of fused-ring (bicyclic) bond motifs is 1. The van der Waals surface area contributed by atoms with E-state index in [1.165, 1.54) is 0 Å².